The van der Waals surface area contributed by atoms with Gasteiger partial charge in [0.2, 0.25) is 0 Å². The molecule has 102 valence electrons. The maximum Gasteiger partial charge on any atom is 0.137 e. The summed E-state index contributed by atoms with van der Waals surface area (Å²) in [5.41, 5.74) is 0.250. The van der Waals surface area contributed by atoms with Gasteiger partial charge in [-0.15, -0.1) is 0 Å². The fraction of sp³-hybridized carbons (Fsp3) is 0.692. The van der Waals surface area contributed by atoms with Gasteiger partial charge in [0.05, 0.1) is 5.60 Å². The van der Waals surface area contributed by atoms with Gasteiger partial charge in [0.15, 0.2) is 0 Å². The standard InChI is InChI=1S/C13H24N4O/c1-7-10-15-11(14-5)9(2)12(16-10)17(6)8-13(3,4)18/h18H,7-8H2,1-6H3,(H,14,15,16). The van der Waals surface area contributed by atoms with Crippen molar-refractivity contribution in [1.82, 2.24) is 9.97 Å². The van der Waals surface area contributed by atoms with E-state index in [-0.39, 0.29) is 0 Å². The van der Waals surface area contributed by atoms with E-state index in [1.54, 1.807) is 13.8 Å². The summed E-state index contributed by atoms with van der Waals surface area (Å²) in [7, 11) is 3.79. The van der Waals surface area contributed by atoms with E-state index in [1.165, 1.54) is 0 Å². The van der Waals surface area contributed by atoms with Crippen molar-refractivity contribution >= 4 is 11.6 Å². The minimum absolute atomic E-state index is 0.525. The summed E-state index contributed by atoms with van der Waals surface area (Å²) < 4.78 is 0. The maximum atomic E-state index is 9.89. The Morgan fingerprint density at radius 2 is 1.94 bits per heavy atom. The van der Waals surface area contributed by atoms with Crippen LogP contribution in [0.1, 0.15) is 32.2 Å². The van der Waals surface area contributed by atoms with Gasteiger partial charge in [-0.3, -0.25) is 0 Å². The third-order valence-corrected chi connectivity index (χ3v) is 2.71. The molecule has 2 N–H and O–H groups in total. The Kier molecular flexibility index (Phi) is 4.51. The normalized spacial score (nSPS) is 11.5. The van der Waals surface area contributed by atoms with Crippen LogP contribution in [0.25, 0.3) is 0 Å². The molecule has 0 amide bonds. The second-order valence-corrected chi connectivity index (χ2v) is 5.21. The number of rotatable bonds is 5. The first-order chi connectivity index (χ1) is 8.28. The van der Waals surface area contributed by atoms with Gasteiger partial charge >= 0.3 is 0 Å². The quantitative estimate of drug-likeness (QED) is 0.833. The predicted molar refractivity (Wildman–Crippen MR) is 75.3 cm³/mol. The van der Waals surface area contributed by atoms with Crippen molar-refractivity contribution in [2.45, 2.75) is 39.7 Å². The first-order valence-electron chi connectivity index (χ1n) is 6.27. The molecule has 0 radical (unpaired) electrons. The van der Waals surface area contributed by atoms with Crippen molar-refractivity contribution in [3.8, 4) is 0 Å². The number of aliphatic hydroxyl groups is 1. The molecule has 1 aromatic heterocycles. The number of hydrogen-bond donors (Lipinski definition) is 2. The molecule has 0 aliphatic carbocycles. The van der Waals surface area contributed by atoms with Crippen LogP contribution in [-0.4, -0.2) is 41.3 Å². The molecule has 1 rings (SSSR count). The van der Waals surface area contributed by atoms with Gasteiger partial charge in [-0.2, -0.15) is 0 Å². The van der Waals surface area contributed by atoms with E-state index in [9.17, 15) is 5.11 Å². The van der Waals surface area contributed by atoms with Crippen LogP contribution < -0.4 is 10.2 Å². The Labute approximate surface area is 109 Å². The summed E-state index contributed by atoms with van der Waals surface area (Å²) in [6.45, 7) is 8.13. The Balaban J connectivity index is 3.14. The molecule has 0 aromatic carbocycles. The molecule has 0 bridgehead atoms. The second-order valence-electron chi connectivity index (χ2n) is 5.21. The number of aromatic nitrogens is 2. The fourth-order valence-electron chi connectivity index (χ4n) is 1.98. The van der Waals surface area contributed by atoms with E-state index < -0.39 is 5.60 Å². The second kappa shape index (κ2) is 5.52. The zero-order valence-corrected chi connectivity index (χ0v) is 12.2. The van der Waals surface area contributed by atoms with E-state index in [0.717, 1.165) is 29.4 Å². The van der Waals surface area contributed by atoms with Crippen LogP contribution in [0.4, 0.5) is 11.6 Å². The average Bonchev–Trinajstić information content (AvgIpc) is 2.27. The SMILES string of the molecule is CCc1nc(NC)c(C)c(N(C)CC(C)(C)O)n1. The molecule has 1 heterocycles. The Morgan fingerprint density at radius 1 is 1.33 bits per heavy atom. The summed E-state index contributed by atoms with van der Waals surface area (Å²) >= 11 is 0. The average molecular weight is 252 g/mol. The van der Waals surface area contributed by atoms with Crippen molar-refractivity contribution in [2.24, 2.45) is 0 Å². The van der Waals surface area contributed by atoms with Crippen LogP contribution in [0.2, 0.25) is 0 Å². The lowest BCUT2D eigenvalue weighted by molar-refractivity contribution is 0.0884. The van der Waals surface area contributed by atoms with Crippen LogP contribution in [0, 0.1) is 6.92 Å². The summed E-state index contributed by atoms with van der Waals surface area (Å²) in [5.74, 6) is 2.52. The largest absolute Gasteiger partial charge is 0.389 e. The third-order valence-electron chi connectivity index (χ3n) is 2.71. The molecule has 5 heteroatoms. The first kappa shape index (κ1) is 14.7. The van der Waals surface area contributed by atoms with Gasteiger partial charge in [-0.05, 0) is 20.8 Å². The molecule has 5 nitrogen and oxygen atoms in total. The van der Waals surface area contributed by atoms with Crippen molar-refractivity contribution in [1.29, 1.82) is 0 Å². The van der Waals surface area contributed by atoms with Crippen molar-refractivity contribution < 1.29 is 5.11 Å². The summed E-state index contributed by atoms with van der Waals surface area (Å²) in [4.78, 5) is 11.0. The molecule has 0 spiro atoms. The maximum absolute atomic E-state index is 9.89. The number of hydrogen-bond acceptors (Lipinski definition) is 5. The molecule has 0 unspecified atom stereocenters. The van der Waals surface area contributed by atoms with Gasteiger partial charge in [0, 0.05) is 32.6 Å². The number of aryl methyl sites for hydroxylation is 1. The summed E-state index contributed by atoms with van der Waals surface area (Å²) in [5, 5.41) is 13.0. The topological polar surface area (TPSA) is 61.3 Å². The minimum atomic E-state index is -0.752. The van der Waals surface area contributed by atoms with Gasteiger partial charge < -0.3 is 15.3 Å². The summed E-state index contributed by atoms with van der Waals surface area (Å²) in [6.07, 6.45) is 0.790. The molecule has 0 saturated carbocycles. The lowest BCUT2D eigenvalue weighted by Crippen LogP contribution is -2.37. The van der Waals surface area contributed by atoms with E-state index in [2.05, 4.69) is 15.3 Å². The predicted octanol–water partition coefficient (Wildman–Crippen LogP) is 1.60. The Hall–Kier alpha value is -1.36. The molecule has 0 saturated heterocycles. The van der Waals surface area contributed by atoms with Crippen molar-refractivity contribution in [3.05, 3.63) is 11.4 Å². The highest BCUT2D eigenvalue weighted by Crippen LogP contribution is 2.23. The molecule has 18 heavy (non-hydrogen) atoms. The van der Waals surface area contributed by atoms with E-state index in [0.29, 0.717) is 6.54 Å². The minimum Gasteiger partial charge on any atom is -0.389 e. The zero-order valence-electron chi connectivity index (χ0n) is 12.2. The molecule has 0 atom stereocenters. The van der Waals surface area contributed by atoms with Crippen LogP contribution in [0.3, 0.4) is 0 Å². The van der Waals surface area contributed by atoms with Gasteiger partial charge in [-0.25, -0.2) is 9.97 Å². The molecular formula is C13H24N4O. The summed E-state index contributed by atoms with van der Waals surface area (Å²) in [6, 6.07) is 0. The van der Waals surface area contributed by atoms with Crippen molar-refractivity contribution in [3.63, 3.8) is 0 Å². The van der Waals surface area contributed by atoms with E-state index >= 15 is 0 Å². The van der Waals surface area contributed by atoms with Crippen molar-refractivity contribution in [2.75, 3.05) is 30.9 Å². The molecule has 0 aliphatic heterocycles. The lowest BCUT2D eigenvalue weighted by Gasteiger charge is -2.28. The highest BCUT2D eigenvalue weighted by atomic mass is 16.3. The smallest absolute Gasteiger partial charge is 0.137 e. The molecule has 1 aromatic rings. The number of likely N-dealkylation sites (N-methyl/N-ethyl adjacent to an activating group) is 1. The van der Waals surface area contributed by atoms with E-state index in [1.807, 2.05) is 32.8 Å². The Bertz CT molecular complexity index is 412. The molecular weight excluding hydrogens is 228 g/mol. The highest BCUT2D eigenvalue weighted by molar-refractivity contribution is 5.58. The van der Waals surface area contributed by atoms with Gasteiger partial charge in [0.1, 0.15) is 17.5 Å². The molecule has 0 aliphatic rings. The van der Waals surface area contributed by atoms with Gasteiger partial charge in [0.25, 0.3) is 0 Å². The Morgan fingerprint density at radius 3 is 2.39 bits per heavy atom. The van der Waals surface area contributed by atoms with Crippen LogP contribution in [0.5, 0.6) is 0 Å². The lowest BCUT2D eigenvalue weighted by atomic mass is 10.1. The molecule has 0 fully saturated rings. The first-order valence-corrected chi connectivity index (χ1v) is 6.27. The third kappa shape index (κ3) is 3.57. The number of nitrogens with zero attached hydrogens (tertiary/aromatic N) is 3. The van der Waals surface area contributed by atoms with Crippen LogP contribution in [0.15, 0.2) is 0 Å². The fourth-order valence-corrected chi connectivity index (χ4v) is 1.98. The van der Waals surface area contributed by atoms with Crippen LogP contribution in [-0.2, 0) is 6.42 Å². The van der Waals surface area contributed by atoms with E-state index in [4.69, 9.17) is 0 Å². The highest BCUT2D eigenvalue weighted by Gasteiger charge is 2.19. The van der Waals surface area contributed by atoms with Crippen LogP contribution >= 0.6 is 0 Å². The monoisotopic (exact) mass is 252 g/mol. The number of anilines is 2. The number of nitrogens with one attached hydrogen (secondary N) is 1. The zero-order chi connectivity index (χ0) is 13.9. The van der Waals surface area contributed by atoms with Gasteiger partial charge in [-0.1, -0.05) is 6.92 Å².